The predicted molar refractivity (Wildman–Crippen MR) is 131 cm³/mol. The molecule has 2 aromatic heterocycles. The molecular formula is C27H25F2N5O. The van der Waals surface area contributed by atoms with Gasteiger partial charge >= 0.3 is 0 Å². The Labute approximate surface area is 201 Å². The van der Waals surface area contributed by atoms with E-state index in [1.54, 1.807) is 31.3 Å². The fourth-order valence-corrected chi connectivity index (χ4v) is 4.71. The van der Waals surface area contributed by atoms with Gasteiger partial charge in [0.25, 0.3) is 5.56 Å². The van der Waals surface area contributed by atoms with Crippen LogP contribution in [0.4, 0.5) is 8.78 Å². The summed E-state index contributed by atoms with van der Waals surface area (Å²) in [5.74, 6) is 0.510. The molecular weight excluding hydrogens is 448 g/mol. The third kappa shape index (κ3) is 4.33. The summed E-state index contributed by atoms with van der Waals surface area (Å²) in [5.41, 5.74) is 2.36. The summed E-state index contributed by atoms with van der Waals surface area (Å²) in [7, 11) is 1.68. The molecule has 0 N–H and O–H groups in total. The summed E-state index contributed by atoms with van der Waals surface area (Å²) < 4.78 is 31.0. The van der Waals surface area contributed by atoms with Crippen molar-refractivity contribution in [2.45, 2.75) is 32.5 Å². The van der Waals surface area contributed by atoms with E-state index >= 15 is 0 Å². The second-order valence-corrected chi connectivity index (χ2v) is 8.64. The monoisotopic (exact) mass is 473 g/mol. The number of hydrogen-bond acceptors (Lipinski definition) is 4. The Morgan fingerprint density at radius 1 is 0.914 bits per heavy atom. The van der Waals surface area contributed by atoms with Crippen LogP contribution < -0.4 is 5.56 Å². The molecule has 0 bridgehead atoms. The van der Waals surface area contributed by atoms with Gasteiger partial charge in [-0.25, -0.2) is 8.78 Å². The zero-order valence-electron chi connectivity index (χ0n) is 19.5. The molecule has 0 aliphatic carbocycles. The normalized spacial score (nSPS) is 12.6. The molecule has 8 heteroatoms. The molecule has 5 rings (SSSR count). The average Bonchev–Trinajstić information content (AvgIpc) is 3.28. The summed E-state index contributed by atoms with van der Waals surface area (Å²) >= 11 is 0. The molecule has 0 saturated carbocycles. The van der Waals surface area contributed by atoms with Crippen LogP contribution in [0.5, 0.6) is 0 Å². The van der Waals surface area contributed by atoms with Gasteiger partial charge in [0.05, 0.1) is 17.4 Å². The first-order valence-electron chi connectivity index (χ1n) is 11.5. The van der Waals surface area contributed by atoms with Gasteiger partial charge in [0.2, 0.25) is 5.78 Å². The van der Waals surface area contributed by atoms with Crippen molar-refractivity contribution in [3.63, 3.8) is 0 Å². The summed E-state index contributed by atoms with van der Waals surface area (Å²) in [6, 6.07) is 20.3. The van der Waals surface area contributed by atoms with Crippen molar-refractivity contribution < 1.29 is 8.78 Å². The molecule has 3 aromatic carbocycles. The van der Waals surface area contributed by atoms with Crippen molar-refractivity contribution in [3.8, 4) is 0 Å². The molecule has 0 saturated heterocycles. The van der Waals surface area contributed by atoms with Crippen LogP contribution in [0, 0.1) is 11.6 Å². The Kier molecular flexibility index (Phi) is 6.13. The molecule has 178 valence electrons. The first kappa shape index (κ1) is 22.9. The number of aryl methyl sites for hydroxylation is 1. The zero-order chi connectivity index (χ0) is 24.5. The Morgan fingerprint density at radius 2 is 1.69 bits per heavy atom. The summed E-state index contributed by atoms with van der Waals surface area (Å²) in [6.07, 6.45) is 0.747. The fourth-order valence-electron chi connectivity index (χ4n) is 4.71. The van der Waals surface area contributed by atoms with E-state index in [0.29, 0.717) is 30.1 Å². The van der Waals surface area contributed by atoms with Gasteiger partial charge in [0.15, 0.2) is 5.82 Å². The Hall–Kier alpha value is -3.91. The maximum Gasteiger partial charge on any atom is 0.262 e. The first-order valence-corrected chi connectivity index (χ1v) is 11.5. The largest absolute Gasteiger partial charge is 0.285 e. The van der Waals surface area contributed by atoms with Gasteiger partial charge in [0.1, 0.15) is 11.6 Å². The summed E-state index contributed by atoms with van der Waals surface area (Å²) in [4.78, 5) is 15.0. The number of rotatable bonds is 7. The fraction of sp³-hybridized carbons (Fsp3) is 0.222. The predicted octanol–water partition coefficient (Wildman–Crippen LogP) is 5.01. The van der Waals surface area contributed by atoms with Crippen LogP contribution in [0.15, 0.2) is 77.6 Å². The Morgan fingerprint density at radius 3 is 2.43 bits per heavy atom. The number of nitrogens with zero attached hydrogens (tertiary/aromatic N) is 5. The van der Waals surface area contributed by atoms with E-state index in [4.69, 9.17) is 0 Å². The molecule has 0 radical (unpaired) electrons. The van der Waals surface area contributed by atoms with Crippen molar-refractivity contribution in [2.75, 3.05) is 0 Å². The highest BCUT2D eigenvalue weighted by Crippen LogP contribution is 2.28. The molecule has 0 spiro atoms. The third-order valence-corrected chi connectivity index (χ3v) is 6.39. The number of hydrogen-bond donors (Lipinski definition) is 0. The molecule has 35 heavy (non-hydrogen) atoms. The number of para-hydroxylation sites is 1. The molecule has 0 amide bonds. The van der Waals surface area contributed by atoms with Crippen LogP contribution >= 0.6 is 0 Å². The highest BCUT2D eigenvalue weighted by molar-refractivity contribution is 5.80. The number of aromatic nitrogens is 4. The van der Waals surface area contributed by atoms with Gasteiger partial charge in [-0.15, -0.1) is 10.2 Å². The molecule has 0 fully saturated rings. The first-order chi connectivity index (χ1) is 17.0. The molecule has 0 unspecified atom stereocenters. The summed E-state index contributed by atoms with van der Waals surface area (Å²) in [6.45, 7) is 2.90. The molecule has 6 nitrogen and oxygen atoms in total. The zero-order valence-corrected chi connectivity index (χ0v) is 19.5. The van der Waals surface area contributed by atoms with Crippen LogP contribution in [-0.2, 0) is 20.1 Å². The van der Waals surface area contributed by atoms with E-state index in [1.807, 2.05) is 28.7 Å². The van der Waals surface area contributed by atoms with Crippen molar-refractivity contribution >= 4 is 16.7 Å². The maximum absolute atomic E-state index is 14.0. The lowest BCUT2D eigenvalue weighted by molar-refractivity contribution is 0.168. The Bertz CT molecular complexity index is 1560. The smallest absolute Gasteiger partial charge is 0.262 e. The minimum Gasteiger partial charge on any atom is -0.285 e. The quantitative estimate of drug-likeness (QED) is 0.333. The minimum atomic E-state index is -0.300. The standard InChI is InChI=1S/C27H25F2N5O/c1-3-23(19-11-13-20(28)14-12-19)33(16-18-7-6-8-21(29)15-18)17-25-30-31-27-32(2)26(35)22-9-4-5-10-24(22)34(25)27/h4-15,23H,3,16-17H2,1-2H3/t23-/m0/s1. The van der Waals surface area contributed by atoms with Crippen LogP contribution in [0.3, 0.4) is 0 Å². The molecule has 0 aliphatic rings. The van der Waals surface area contributed by atoms with Crippen LogP contribution in [0.25, 0.3) is 16.7 Å². The van der Waals surface area contributed by atoms with Gasteiger partial charge in [-0.3, -0.25) is 18.7 Å². The van der Waals surface area contributed by atoms with Crippen molar-refractivity contribution in [2.24, 2.45) is 7.05 Å². The topological polar surface area (TPSA) is 55.4 Å². The van der Waals surface area contributed by atoms with Crippen molar-refractivity contribution in [1.29, 1.82) is 0 Å². The van der Waals surface area contributed by atoms with Gasteiger partial charge in [-0.2, -0.15) is 0 Å². The van der Waals surface area contributed by atoms with Crippen LogP contribution in [0.1, 0.15) is 36.3 Å². The lowest BCUT2D eigenvalue weighted by Gasteiger charge is -2.31. The summed E-state index contributed by atoms with van der Waals surface area (Å²) in [5, 5.41) is 9.34. The second-order valence-electron chi connectivity index (χ2n) is 8.64. The molecule has 5 aromatic rings. The van der Waals surface area contributed by atoms with Gasteiger partial charge in [-0.05, 0) is 53.9 Å². The highest BCUT2D eigenvalue weighted by atomic mass is 19.1. The SMILES string of the molecule is CC[C@@H](c1ccc(F)cc1)N(Cc1cccc(F)c1)Cc1nnc2n(C)c(=O)c3ccccc3n12. The van der Waals surface area contributed by atoms with E-state index in [1.165, 1.54) is 28.8 Å². The van der Waals surface area contributed by atoms with Gasteiger partial charge in [-0.1, -0.05) is 43.3 Å². The van der Waals surface area contributed by atoms with E-state index in [0.717, 1.165) is 23.1 Å². The number of benzene rings is 3. The van der Waals surface area contributed by atoms with Crippen molar-refractivity contribution in [1.82, 2.24) is 24.1 Å². The van der Waals surface area contributed by atoms with Crippen molar-refractivity contribution in [3.05, 3.63) is 112 Å². The maximum atomic E-state index is 14.0. The van der Waals surface area contributed by atoms with Crippen LogP contribution in [0.2, 0.25) is 0 Å². The Balaban J connectivity index is 1.63. The van der Waals surface area contributed by atoms with E-state index in [-0.39, 0.29) is 23.2 Å². The van der Waals surface area contributed by atoms with E-state index in [9.17, 15) is 13.6 Å². The average molecular weight is 474 g/mol. The molecule has 2 heterocycles. The molecule has 0 aliphatic heterocycles. The lowest BCUT2D eigenvalue weighted by Crippen LogP contribution is -2.29. The number of fused-ring (bicyclic) bond motifs is 3. The van der Waals surface area contributed by atoms with E-state index < -0.39 is 0 Å². The van der Waals surface area contributed by atoms with Gasteiger partial charge < -0.3 is 0 Å². The van der Waals surface area contributed by atoms with Crippen LogP contribution in [-0.4, -0.2) is 24.1 Å². The van der Waals surface area contributed by atoms with E-state index in [2.05, 4.69) is 22.0 Å². The number of halogens is 2. The second kappa shape index (κ2) is 9.38. The lowest BCUT2D eigenvalue weighted by atomic mass is 10.0. The minimum absolute atomic E-state index is 0.0787. The van der Waals surface area contributed by atoms with Gasteiger partial charge in [0, 0.05) is 19.6 Å². The highest BCUT2D eigenvalue weighted by Gasteiger charge is 2.23. The third-order valence-electron chi connectivity index (χ3n) is 6.39. The molecule has 1 atom stereocenters.